The van der Waals surface area contributed by atoms with Crippen molar-refractivity contribution in [3.63, 3.8) is 0 Å². The maximum atomic E-state index is 12.8. The lowest BCUT2D eigenvalue weighted by atomic mass is 10.2. The average Bonchev–Trinajstić information content (AvgIpc) is 2.93. The number of carbonyl (C=O) groups is 2. The Morgan fingerprint density at radius 3 is 2.50 bits per heavy atom. The summed E-state index contributed by atoms with van der Waals surface area (Å²) in [7, 11) is 0. The molecule has 1 heterocycles. The lowest BCUT2D eigenvalue weighted by molar-refractivity contribution is -0.137. The van der Waals surface area contributed by atoms with Gasteiger partial charge in [0.15, 0.2) is 0 Å². The maximum absolute atomic E-state index is 12.8. The van der Waals surface area contributed by atoms with Crippen molar-refractivity contribution in [2.75, 3.05) is 18.2 Å². The van der Waals surface area contributed by atoms with Gasteiger partial charge in [-0.05, 0) is 60.0 Å². The van der Waals surface area contributed by atoms with E-state index in [-0.39, 0.29) is 17.3 Å². The van der Waals surface area contributed by atoms with Crippen molar-refractivity contribution >= 4 is 46.4 Å². The largest absolute Gasteiger partial charge is 0.416 e. The third-order valence-corrected chi connectivity index (χ3v) is 5.57. The zero-order chi connectivity index (χ0) is 20.3. The van der Waals surface area contributed by atoms with Crippen LogP contribution in [0.4, 0.5) is 23.7 Å². The highest BCUT2D eigenvalue weighted by atomic mass is 32.2. The molecule has 3 rings (SSSR count). The van der Waals surface area contributed by atoms with Crippen LogP contribution in [0.2, 0.25) is 0 Å². The Morgan fingerprint density at radius 2 is 1.86 bits per heavy atom. The summed E-state index contributed by atoms with van der Waals surface area (Å²) in [6.07, 6.45) is -0.883. The Kier molecular flexibility index (Phi) is 6.04. The highest BCUT2D eigenvalue weighted by Crippen LogP contribution is 2.33. The normalized spacial score (nSPS) is 16.1. The second kappa shape index (κ2) is 8.32. The van der Waals surface area contributed by atoms with Gasteiger partial charge in [-0.1, -0.05) is 18.2 Å². The topological polar surface area (TPSA) is 49.4 Å². The minimum atomic E-state index is -4.46. The van der Waals surface area contributed by atoms with E-state index >= 15 is 0 Å². The van der Waals surface area contributed by atoms with Crippen molar-refractivity contribution in [3.8, 4) is 0 Å². The molecule has 0 aliphatic carbocycles. The van der Waals surface area contributed by atoms with Crippen molar-refractivity contribution in [1.29, 1.82) is 0 Å². The molecule has 0 unspecified atom stereocenters. The van der Waals surface area contributed by atoms with Gasteiger partial charge < -0.3 is 5.32 Å². The first-order chi connectivity index (χ1) is 13.3. The molecule has 146 valence electrons. The molecule has 2 amide bonds. The summed E-state index contributed by atoms with van der Waals surface area (Å²) in [6.45, 7) is -0.214. The summed E-state index contributed by atoms with van der Waals surface area (Å²) >= 11 is 2.40. The second-order valence-electron chi connectivity index (χ2n) is 5.80. The number of hydrogen-bond donors (Lipinski definition) is 1. The monoisotopic (exact) mass is 424 g/mol. The number of anilines is 1. The van der Waals surface area contributed by atoms with Gasteiger partial charge in [0.25, 0.3) is 11.1 Å². The number of hydrogen-bond acceptors (Lipinski definition) is 5. The van der Waals surface area contributed by atoms with Crippen molar-refractivity contribution in [1.82, 2.24) is 4.90 Å². The van der Waals surface area contributed by atoms with Gasteiger partial charge in [0.05, 0.1) is 17.1 Å². The summed E-state index contributed by atoms with van der Waals surface area (Å²) < 4.78 is 38.3. The summed E-state index contributed by atoms with van der Waals surface area (Å²) in [5.41, 5.74) is 0.153. The average molecular weight is 424 g/mol. The minimum Gasteiger partial charge on any atom is -0.367 e. The van der Waals surface area contributed by atoms with Crippen LogP contribution in [0.1, 0.15) is 11.1 Å². The number of benzene rings is 2. The molecule has 0 spiro atoms. The Morgan fingerprint density at radius 1 is 1.14 bits per heavy atom. The molecule has 2 aromatic carbocycles. The molecule has 1 saturated heterocycles. The molecule has 1 N–H and O–H groups in total. The van der Waals surface area contributed by atoms with E-state index in [2.05, 4.69) is 5.32 Å². The van der Waals surface area contributed by atoms with Crippen LogP contribution in [0.25, 0.3) is 6.08 Å². The first kappa shape index (κ1) is 20.3. The Hall–Kier alpha value is -2.39. The lowest BCUT2D eigenvalue weighted by Gasteiger charge is -2.15. The summed E-state index contributed by atoms with van der Waals surface area (Å²) in [5.74, 6) is -0.483. The predicted octanol–water partition coefficient (Wildman–Crippen LogP) is 5.53. The maximum Gasteiger partial charge on any atom is 0.416 e. The summed E-state index contributed by atoms with van der Waals surface area (Å²) in [5, 5.41) is 2.22. The van der Waals surface area contributed by atoms with Crippen LogP contribution < -0.4 is 5.32 Å². The number of nitrogens with zero attached hydrogens (tertiary/aromatic N) is 1. The number of alkyl halides is 3. The minimum absolute atomic E-state index is 0.172. The fourth-order valence-electron chi connectivity index (χ4n) is 2.46. The van der Waals surface area contributed by atoms with Gasteiger partial charge >= 0.3 is 6.18 Å². The van der Waals surface area contributed by atoms with Crippen molar-refractivity contribution in [3.05, 3.63) is 64.6 Å². The van der Waals surface area contributed by atoms with Crippen LogP contribution >= 0.6 is 23.5 Å². The molecule has 0 saturated carbocycles. The number of imide groups is 1. The Labute approximate surface area is 168 Å². The molecule has 0 radical (unpaired) electrons. The van der Waals surface area contributed by atoms with Gasteiger partial charge in [0.2, 0.25) is 0 Å². The van der Waals surface area contributed by atoms with Gasteiger partial charge in [-0.25, -0.2) is 0 Å². The van der Waals surface area contributed by atoms with E-state index in [0.29, 0.717) is 0 Å². The molecule has 1 aliphatic heterocycles. The molecule has 9 heteroatoms. The highest BCUT2D eigenvalue weighted by molar-refractivity contribution is 8.18. The molecule has 28 heavy (non-hydrogen) atoms. The fourth-order valence-corrected chi connectivity index (χ4v) is 3.71. The summed E-state index contributed by atoms with van der Waals surface area (Å²) in [6, 6.07) is 12.1. The van der Waals surface area contributed by atoms with Gasteiger partial charge in [0, 0.05) is 10.6 Å². The standard InChI is InChI=1S/C19H15F3N2O2S2/c1-27-15-7-5-12(6-8-15)9-16-17(25)24(18(26)28-16)11-23-14-4-2-3-13(10-14)19(20,21)22/h2-10,23H,11H2,1H3/b16-9+. The Bertz CT molecular complexity index is 928. The molecule has 1 aliphatic rings. The molecular formula is C19H15F3N2O2S2. The first-order valence-corrected chi connectivity index (χ1v) is 10.1. The van der Waals surface area contributed by atoms with Gasteiger partial charge in [-0.3, -0.25) is 14.5 Å². The van der Waals surface area contributed by atoms with Crippen molar-refractivity contribution in [2.45, 2.75) is 11.1 Å². The van der Waals surface area contributed by atoms with Crippen LogP contribution in [-0.2, 0) is 11.0 Å². The smallest absolute Gasteiger partial charge is 0.367 e. The molecular weight excluding hydrogens is 409 g/mol. The van der Waals surface area contributed by atoms with Crippen LogP contribution in [0.3, 0.4) is 0 Å². The van der Waals surface area contributed by atoms with E-state index in [1.165, 1.54) is 12.1 Å². The fraction of sp³-hybridized carbons (Fsp3) is 0.158. The zero-order valence-corrected chi connectivity index (χ0v) is 16.3. The van der Waals surface area contributed by atoms with Crippen LogP contribution in [0.15, 0.2) is 58.3 Å². The summed E-state index contributed by atoms with van der Waals surface area (Å²) in [4.78, 5) is 26.9. The van der Waals surface area contributed by atoms with Crippen LogP contribution in [0, 0.1) is 0 Å². The van der Waals surface area contributed by atoms with Crippen molar-refractivity contribution in [2.24, 2.45) is 0 Å². The van der Waals surface area contributed by atoms with Gasteiger partial charge in [-0.2, -0.15) is 13.2 Å². The van der Waals surface area contributed by atoms with Crippen LogP contribution in [-0.4, -0.2) is 29.0 Å². The first-order valence-electron chi connectivity index (χ1n) is 8.08. The van der Waals surface area contributed by atoms with E-state index in [0.717, 1.165) is 39.3 Å². The van der Waals surface area contributed by atoms with Crippen molar-refractivity contribution < 1.29 is 22.8 Å². The molecule has 4 nitrogen and oxygen atoms in total. The number of thioether (sulfide) groups is 2. The third-order valence-electron chi connectivity index (χ3n) is 3.92. The lowest BCUT2D eigenvalue weighted by Crippen LogP contribution is -2.33. The van der Waals surface area contributed by atoms with Crippen LogP contribution in [0.5, 0.6) is 0 Å². The molecule has 0 bridgehead atoms. The van der Waals surface area contributed by atoms with Gasteiger partial charge in [-0.15, -0.1) is 11.8 Å². The second-order valence-corrected chi connectivity index (χ2v) is 7.67. The predicted molar refractivity (Wildman–Crippen MR) is 106 cm³/mol. The SMILES string of the molecule is CSc1ccc(/C=C2/SC(=O)N(CNc3cccc(C(F)(F)F)c3)C2=O)cc1. The van der Waals surface area contributed by atoms with E-state index < -0.39 is 22.9 Å². The Balaban J connectivity index is 1.69. The number of rotatable bonds is 5. The van der Waals surface area contributed by atoms with E-state index in [1.54, 1.807) is 17.8 Å². The van der Waals surface area contributed by atoms with Gasteiger partial charge in [0.1, 0.15) is 0 Å². The zero-order valence-electron chi connectivity index (χ0n) is 14.6. The highest BCUT2D eigenvalue weighted by Gasteiger charge is 2.35. The number of amides is 2. The third kappa shape index (κ3) is 4.71. The molecule has 1 fully saturated rings. The molecule has 0 aromatic heterocycles. The number of halogens is 3. The molecule has 0 atom stereocenters. The molecule has 2 aromatic rings. The van der Waals surface area contributed by atoms with E-state index in [4.69, 9.17) is 0 Å². The quantitative estimate of drug-likeness (QED) is 0.505. The number of nitrogens with one attached hydrogen (secondary N) is 1. The van der Waals surface area contributed by atoms with E-state index in [1.807, 2.05) is 30.5 Å². The van der Waals surface area contributed by atoms with E-state index in [9.17, 15) is 22.8 Å². The number of carbonyl (C=O) groups excluding carboxylic acids is 2.